The molecule has 1 aliphatic heterocycles. The Balaban J connectivity index is 1.70. The zero-order chi connectivity index (χ0) is 17.6. The molecule has 8 heteroatoms. The topological polar surface area (TPSA) is 86.9 Å². The normalized spacial score (nSPS) is 20.5. The first-order valence-electron chi connectivity index (χ1n) is 8.04. The molecule has 0 saturated carbocycles. The Bertz CT molecular complexity index is 921. The van der Waals surface area contributed by atoms with Crippen molar-refractivity contribution >= 4 is 16.8 Å². The van der Waals surface area contributed by atoms with Gasteiger partial charge in [0.15, 0.2) is 0 Å². The van der Waals surface area contributed by atoms with E-state index in [0.29, 0.717) is 30.0 Å². The average molecular weight is 343 g/mol. The molecule has 7 nitrogen and oxygen atoms in total. The number of amides is 1. The maximum atomic E-state index is 13.6. The average Bonchev–Trinajstić information content (AvgIpc) is 3.31. The lowest BCUT2D eigenvalue weighted by molar-refractivity contribution is 0.0679. The van der Waals surface area contributed by atoms with Gasteiger partial charge in [0.1, 0.15) is 23.7 Å². The highest BCUT2D eigenvalue weighted by molar-refractivity contribution is 5.99. The minimum atomic E-state index is -0.328. The number of H-pyrrole nitrogens is 2. The first-order chi connectivity index (χ1) is 12.1. The highest BCUT2D eigenvalue weighted by atomic mass is 19.1. The minimum absolute atomic E-state index is 0.0670. The van der Waals surface area contributed by atoms with Crippen LogP contribution in [0.2, 0.25) is 0 Å². The number of ether oxygens (including phenoxy) is 1. The number of carbonyl (C=O) groups is 1. The molecule has 1 saturated heterocycles. The molecule has 4 rings (SSSR count). The van der Waals surface area contributed by atoms with E-state index in [-0.39, 0.29) is 23.9 Å². The van der Waals surface area contributed by atoms with Gasteiger partial charge in [-0.1, -0.05) is 0 Å². The van der Waals surface area contributed by atoms with Gasteiger partial charge in [0.05, 0.1) is 12.1 Å². The van der Waals surface area contributed by atoms with E-state index in [9.17, 15) is 9.18 Å². The van der Waals surface area contributed by atoms with E-state index in [1.54, 1.807) is 18.1 Å². The Labute approximate surface area is 143 Å². The van der Waals surface area contributed by atoms with Crippen molar-refractivity contribution in [2.45, 2.75) is 25.5 Å². The molecule has 0 spiro atoms. The summed E-state index contributed by atoms with van der Waals surface area (Å²) in [5, 5.41) is 7.55. The molecule has 130 valence electrons. The molecule has 3 heterocycles. The second kappa shape index (κ2) is 5.96. The van der Waals surface area contributed by atoms with Crippen LogP contribution >= 0.6 is 0 Å². The van der Waals surface area contributed by atoms with E-state index in [1.807, 2.05) is 6.92 Å². The van der Waals surface area contributed by atoms with Crippen molar-refractivity contribution in [2.75, 3.05) is 13.7 Å². The first-order valence-corrected chi connectivity index (χ1v) is 8.04. The van der Waals surface area contributed by atoms with Gasteiger partial charge < -0.3 is 14.6 Å². The monoisotopic (exact) mass is 343 g/mol. The van der Waals surface area contributed by atoms with Crippen LogP contribution in [0.5, 0.6) is 0 Å². The predicted molar refractivity (Wildman–Crippen MR) is 88.6 cm³/mol. The van der Waals surface area contributed by atoms with E-state index >= 15 is 0 Å². The third-order valence-corrected chi connectivity index (χ3v) is 4.75. The summed E-state index contributed by atoms with van der Waals surface area (Å²) in [6.45, 7) is 2.28. The van der Waals surface area contributed by atoms with Gasteiger partial charge in [-0.2, -0.15) is 5.10 Å². The van der Waals surface area contributed by atoms with Crippen LogP contribution in [-0.4, -0.2) is 50.7 Å². The number of carbonyl (C=O) groups excluding carboxylic acids is 1. The lowest BCUT2D eigenvalue weighted by Gasteiger charge is -2.21. The number of aryl methyl sites for hydroxylation is 1. The first kappa shape index (κ1) is 15.8. The second-order valence-corrected chi connectivity index (χ2v) is 6.30. The quantitative estimate of drug-likeness (QED) is 0.764. The largest absolute Gasteiger partial charge is 0.380 e. The summed E-state index contributed by atoms with van der Waals surface area (Å²) in [6.07, 6.45) is 2.00. The number of rotatable bonds is 3. The molecule has 3 aromatic rings. The van der Waals surface area contributed by atoms with Crippen molar-refractivity contribution in [1.82, 2.24) is 25.1 Å². The molecule has 2 N–H and O–H groups in total. The SMILES string of the molecule is CO[C@@H]1C[C@@H](c2ncn[nH]2)N(C(=O)c2cc3c(C)cc(F)cc3[nH]2)C1. The van der Waals surface area contributed by atoms with Crippen molar-refractivity contribution in [3.63, 3.8) is 0 Å². The van der Waals surface area contributed by atoms with E-state index in [4.69, 9.17) is 4.74 Å². The van der Waals surface area contributed by atoms with E-state index < -0.39 is 0 Å². The van der Waals surface area contributed by atoms with Crippen LogP contribution in [0, 0.1) is 12.7 Å². The molecule has 1 aliphatic rings. The van der Waals surface area contributed by atoms with Crippen LogP contribution < -0.4 is 0 Å². The third-order valence-electron chi connectivity index (χ3n) is 4.75. The molecular formula is C17H18FN5O2. The summed E-state index contributed by atoms with van der Waals surface area (Å²) in [6, 6.07) is 4.39. The van der Waals surface area contributed by atoms with Gasteiger partial charge in [0, 0.05) is 31.0 Å². The predicted octanol–water partition coefficient (Wildman–Crippen LogP) is 2.34. The van der Waals surface area contributed by atoms with Gasteiger partial charge in [-0.05, 0) is 30.7 Å². The zero-order valence-corrected chi connectivity index (χ0v) is 13.9. The molecule has 0 aliphatic carbocycles. The molecule has 2 aromatic heterocycles. The standard InChI is InChI=1S/C17H18FN5O2/c1-9-3-10(18)4-13-12(9)6-14(21-13)17(24)23-7-11(25-2)5-15(23)16-19-8-20-22-16/h3-4,6,8,11,15,21H,5,7H2,1-2H3,(H,19,20,22)/t11-,15+/m1/s1. The molecule has 1 amide bonds. The summed E-state index contributed by atoms with van der Waals surface area (Å²) in [7, 11) is 1.63. The van der Waals surface area contributed by atoms with Gasteiger partial charge >= 0.3 is 0 Å². The summed E-state index contributed by atoms with van der Waals surface area (Å²) < 4.78 is 19.0. The number of halogens is 1. The Morgan fingerprint density at radius 2 is 2.24 bits per heavy atom. The van der Waals surface area contributed by atoms with E-state index in [1.165, 1.54) is 18.5 Å². The Morgan fingerprint density at radius 3 is 2.96 bits per heavy atom. The van der Waals surface area contributed by atoms with Crippen LogP contribution in [0.15, 0.2) is 24.5 Å². The van der Waals surface area contributed by atoms with Crippen LogP contribution in [0.1, 0.15) is 34.3 Å². The summed E-state index contributed by atoms with van der Waals surface area (Å²) in [4.78, 5) is 22.0. The highest BCUT2D eigenvalue weighted by Gasteiger charge is 2.38. The number of likely N-dealkylation sites (tertiary alicyclic amines) is 1. The highest BCUT2D eigenvalue weighted by Crippen LogP contribution is 2.33. The molecule has 25 heavy (non-hydrogen) atoms. The number of nitrogens with zero attached hydrogens (tertiary/aromatic N) is 3. The minimum Gasteiger partial charge on any atom is -0.380 e. The Hall–Kier alpha value is -2.74. The van der Waals surface area contributed by atoms with Crippen molar-refractivity contribution < 1.29 is 13.9 Å². The molecule has 0 unspecified atom stereocenters. The van der Waals surface area contributed by atoms with Gasteiger partial charge in [-0.15, -0.1) is 0 Å². The fourth-order valence-corrected chi connectivity index (χ4v) is 3.47. The molecule has 1 aromatic carbocycles. The second-order valence-electron chi connectivity index (χ2n) is 6.30. The zero-order valence-electron chi connectivity index (χ0n) is 13.9. The third kappa shape index (κ3) is 2.68. The smallest absolute Gasteiger partial charge is 0.271 e. The number of benzene rings is 1. The number of methoxy groups -OCH3 is 1. The molecule has 0 radical (unpaired) electrons. The Morgan fingerprint density at radius 1 is 1.40 bits per heavy atom. The van der Waals surface area contributed by atoms with Gasteiger partial charge in [0.25, 0.3) is 5.91 Å². The lowest BCUT2D eigenvalue weighted by Crippen LogP contribution is -2.32. The summed E-state index contributed by atoms with van der Waals surface area (Å²) >= 11 is 0. The van der Waals surface area contributed by atoms with Crippen LogP contribution in [-0.2, 0) is 4.74 Å². The number of hydrogen-bond donors (Lipinski definition) is 2. The maximum Gasteiger partial charge on any atom is 0.271 e. The fraction of sp³-hybridized carbons (Fsp3) is 0.353. The Kier molecular flexibility index (Phi) is 3.76. The molecule has 2 atom stereocenters. The van der Waals surface area contributed by atoms with Crippen LogP contribution in [0.25, 0.3) is 10.9 Å². The fourth-order valence-electron chi connectivity index (χ4n) is 3.47. The molecular weight excluding hydrogens is 325 g/mol. The van der Waals surface area contributed by atoms with Crippen molar-refractivity contribution in [1.29, 1.82) is 0 Å². The van der Waals surface area contributed by atoms with Gasteiger partial charge in [0.2, 0.25) is 0 Å². The van der Waals surface area contributed by atoms with Crippen molar-refractivity contribution in [3.8, 4) is 0 Å². The summed E-state index contributed by atoms with van der Waals surface area (Å²) in [5.74, 6) is 0.134. The number of hydrogen-bond acceptors (Lipinski definition) is 4. The maximum absolute atomic E-state index is 13.6. The van der Waals surface area contributed by atoms with Crippen LogP contribution in [0.3, 0.4) is 0 Å². The van der Waals surface area contributed by atoms with Gasteiger partial charge in [-0.3, -0.25) is 9.89 Å². The number of nitrogens with one attached hydrogen (secondary N) is 2. The lowest BCUT2D eigenvalue weighted by atomic mass is 10.1. The number of fused-ring (bicyclic) bond motifs is 1. The van der Waals surface area contributed by atoms with E-state index in [0.717, 1.165) is 10.9 Å². The number of aromatic nitrogens is 4. The molecule has 1 fully saturated rings. The van der Waals surface area contributed by atoms with Crippen molar-refractivity contribution in [3.05, 3.63) is 47.4 Å². The molecule has 0 bridgehead atoms. The number of aromatic amines is 2. The van der Waals surface area contributed by atoms with Gasteiger partial charge in [-0.25, -0.2) is 9.37 Å². The van der Waals surface area contributed by atoms with E-state index in [2.05, 4.69) is 20.2 Å². The summed E-state index contributed by atoms with van der Waals surface area (Å²) in [5.41, 5.74) is 1.82. The van der Waals surface area contributed by atoms with Crippen LogP contribution in [0.4, 0.5) is 4.39 Å². The van der Waals surface area contributed by atoms with Crippen molar-refractivity contribution in [2.24, 2.45) is 0 Å².